The third-order valence-electron chi connectivity index (χ3n) is 4.02. The number of nitrogens with zero attached hydrogens (tertiary/aromatic N) is 1. The molecule has 8 heteroatoms. The highest BCUT2D eigenvalue weighted by molar-refractivity contribution is 7.89. The van der Waals surface area contributed by atoms with Gasteiger partial charge in [0, 0.05) is 30.9 Å². The van der Waals surface area contributed by atoms with Gasteiger partial charge >= 0.3 is 0 Å². The summed E-state index contributed by atoms with van der Waals surface area (Å²) in [7, 11) is -2.04. The molecular weight excluding hydrogens is 366 g/mol. The van der Waals surface area contributed by atoms with Crippen LogP contribution in [0.15, 0.2) is 53.4 Å². The van der Waals surface area contributed by atoms with Crippen molar-refractivity contribution in [2.45, 2.75) is 24.8 Å². The molecule has 0 saturated heterocycles. The van der Waals surface area contributed by atoms with Crippen LogP contribution in [0.5, 0.6) is 5.75 Å². The van der Waals surface area contributed by atoms with Crippen molar-refractivity contribution in [3.8, 4) is 5.75 Å². The second kappa shape index (κ2) is 8.98. The van der Waals surface area contributed by atoms with E-state index in [0.29, 0.717) is 30.2 Å². The summed E-state index contributed by atoms with van der Waals surface area (Å²) in [5.74, 6) is 0.342. The second-order valence-electron chi connectivity index (χ2n) is 6.26. The highest BCUT2D eigenvalue weighted by Crippen LogP contribution is 2.19. The zero-order valence-corrected chi connectivity index (χ0v) is 16.5. The summed E-state index contributed by atoms with van der Waals surface area (Å²) in [6, 6.07) is 12.6. The Hall–Kier alpha value is -2.42. The Morgan fingerprint density at radius 2 is 1.70 bits per heavy atom. The van der Waals surface area contributed by atoms with Crippen molar-refractivity contribution in [3.63, 3.8) is 0 Å². The maximum atomic E-state index is 12.5. The van der Waals surface area contributed by atoms with Crippen LogP contribution >= 0.6 is 0 Å². The Balaban J connectivity index is 2.07. The molecule has 0 aliphatic heterocycles. The van der Waals surface area contributed by atoms with Gasteiger partial charge in [0.1, 0.15) is 12.4 Å². The predicted molar refractivity (Wildman–Crippen MR) is 105 cm³/mol. The van der Waals surface area contributed by atoms with E-state index in [0.717, 1.165) is 0 Å². The molecule has 0 atom stereocenters. The van der Waals surface area contributed by atoms with Gasteiger partial charge in [-0.05, 0) is 62.4 Å². The monoisotopic (exact) mass is 391 g/mol. The van der Waals surface area contributed by atoms with Crippen LogP contribution in [0.2, 0.25) is 0 Å². The van der Waals surface area contributed by atoms with Gasteiger partial charge in [0.25, 0.3) is 5.91 Å². The highest BCUT2D eigenvalue weighted by Gasteiger charge is 2.23. The van der Waals surface area contributed by atoms with Gasteiger partial charge in [0.05, 0.1) is 4.90 Å². The maximum Gasteiger partial charge on any atom is 0.255 e. The van der Waals surface area contributed by atoms with Crippen molar-refractivity contribution in [1.29, 1.82) is 0 Å². The molecule has 2 rings (SSSR count). The molecule has 0 heterocycles. The minimum atomic E-state index is -3.57. The van der Waals surface area contributed by atoms with E-state index in [2.05, 4.69) is 5.32 Å². The van der Waals surface area contributed by atoms with Crippen LogP contribution < -0.4 is 15.8 Å². The molecule has 0 spiro atoms. The van der Waals surface area contributed by atoms with Crippen molar-refractivity contribution < 1.29 is 17.9 Å². The van der Waals surface area contributed by atoms with Gasteiger partial charge < -0.3 is 15.8 Å². The molecule has 0 saturated carbocycles. The summed E-state index contributed by atoms with van der Waals surface area (Å²) >= 11 is 0. The highest BCUT2D eigenvalue weighted by atomic mass is 32.2. The van der Waals surface area contributed by atoms with Gasteiger partial charge in [0.15, 0.2) is 0 Å². The molecule has 1 amide bonds. The van der Waals surface area contributed by atoms with Gasteiger partial charge in [0.2, 0.25) is 10.0 Å². The molecule has 0 fully saturated rings. The summed E-state index contributed by atoms with van der Waals surface area (Å²) in [6.45, 7) is 4.45. The average molecular weight is 391 g/mol. The Kier molecular flexibility index (Phi) is 6.95. The molecule has 27 heavy (non-hydrogen) atoms. The van der Waals surface area contributed by atoms with Crippen molar-refractivity contribution in [2.75, 3.05) is 25.5 Å². The number of amides is 1. The fourth-order valence-electron chi connectivity index (χ4n) is 2.24. The van der Waals surface area contributed by atoms with Gasteiger partial charge in [-0.15, -0.1) is 0 Å². The molecule has 0 aliphatic rings. The fourth-order valence-corrected chi connectivity index (χ4v) is 3.60. The third-order valence-corrected chi connectivity index (χ3v) is 6.07. The standard InChI is InChI=1S/C19H25N3O4S/c1-14(2)22(3)27(24,25)18-10-4-15(5-11-18)19(23)21-16-6-8-17(9-7-16)26-13-12-20/h4-11,14H,12-13,20H2,1-3H3,(H,21,23). The van der Waals surface area contributed by atoms with E-state index in [4.69, 9.17) is 10.5 Å². The van der Waals surface area contributed by atoms with E-state index in [1.165, 1.54) is 35.6 Å². The zero-order chi connectivity index (χ0) is 20.0. The molecular formula is C19H25N3O4S. The fraction of sp³-hybridized carbons (Fsp3) is 0.316. The molecule has 0 unspecified atom stereocenters. The number of sulfonamides is 1. The summed E-state index contributed by atoms with van der Waals surface area (Å²) in [6.07, 6.45) is 0. The second-order valence-corrected chi connectivity index (χ2v) is 8.25. The van der Waals surface area contributed by atoms with Crippen molar-refractivity contribution >= 4 is 21.6 Å². The van der Waals surface area contributed by atoms with Crippen LogP contribution in [-0.2, 0) is 10.0 Å². The normalized spacial score (nSPS) is 11.6. The van der Waals surface area contributed by atoms with Crippen LogP contribution in [0.1, 0.15) is 24.2 Å². The van der Waals surface area contributed by atoms with Gasteiger partial charge in [-0.25, -0.2) is 8.42 Å². The Labute approximate surface area is 160 Å². The lowest BCUT2D eigenvalue weighted by Crippen LogP contribution is -2.33. The largest absolute Gasteiger partial charge is 0.492 e. The maximum absolute atomic E-state index is 12.5. The minimum absolute atomic E-state index is 0.150. The number of carbonyl (C=O) groups is 1. The Morgan fingerprint density at radius 3 is 2.22 bits per heavy atom. The van der Waals surface area contributed by atoms with E-state index < -0.39 is 10.0 Å². The Morgan fingerprint density at radius 1 is 1.11 bits per heavy atom. The van der Waals surface area contributed by atoms with Gasteiger partial charge in [-0.1, -0.05) is 0 Å². The first kappa shape index (κ1) is 20.9. The van der Waals surface area contributed by atoms with E-state index in [1.54, 1.807) is 38.1 Å². The minimum Gasteiger partial charge on any atom is -0.492 e. The molecule has 2 aromatic rings. The third kappa shape index (κ3) is 5.29. The molecule has 2 aromatic carbocycles. The van der Waals surface area contributed by atoms with E-state index in [-0.39, 0.29) is 16.8 Å². The lowest BCUT2D eigenvalue weighted by Gasteiger charge is -2.21. The number of hydrogen-bond acceptors (Lipinski definition) is 5. The van der Waals surface area contributed by atoms with Crippen LogP contribution in [0, 0.1) is 0 Å². The summed E-state index contributed by atoms with van der Waals surface area (Å²) in [5, 5.41) is 2.76. The number of nitrogens with one attached hydrogen (secondary N) is 1. The van der Waals surface area contributed by atoms with E-state index >= 15 is 0 Å². The average Bonchev–Trinajstić information content (AvgIpc) is 2.66. The molecule has 3 N–H and O–H groups in total. The van der Waals surface area contributed by atoms with Crippen LogP contribution in [0.25, 0.3) is 0 Å². The van der Waals surface area contributed by atoms with Crippen molar-refractivity contribution in [3.05, 3.63) is 54.1 Å². The van der Waals surface area contributed by atoms with Crippen molar-refractivity contribution in [2.24, 2.45) is 5.73 Å². The number of anilines is 1. The number of benzene rings is 2. The number of hydrogen-bond donors (Lipinski definition) is 2. The summed E-state index contributed by atoms with van der Waals surface area (Å²) in [5.41, 5.74) is 6.36. The predicted octanol–water partition coefficient (Wildman–Crippen LogP) is 2.31. The zero-order valence-electron chi connectivity index (χ0n) is 15.7. The summed E-state index contributed by atoms with van der Waals surface area (Å²) in [4.78, 5) is 12.5. The molecule has 7 nitrogen and oxygen atoms in total. The SMILES string of the molecule is CC(C)N(C)S(=O)(=O)c1ccc(C(=O)Nc2ccc(OCCN)cc2)cc1. The van der Waals surface area contributed by atoms with Crippen molar-refractivity contribution in [1.82, 2.24) is 4.31 Å². The number of carbonyl (C=O) groups excluding carboxylic acids is 1. The van der Waals surface area contributed by atoms with E-state index in [1.807, 2.05) is 0 Å². The number of rotatable bonds is 8. The van der Waals surface area contributed by atoms with Gasteiger partial charge in [-0.2, -0.15) is 4.31 Å². The molecule has 146 valence electrons. The molecule has 0 aliphatic carbocycles. The lowest BCUT2D eigenvalue weighted by molar-refractivity contribution is 0.102. The topological polar surface area (TPSA) is 102 Å². The van der Waals surface area contributed by atoms with Gasteiger partial charge in [-0.3, -0.25) is 4.79 Å². The Bertz CT molecular complexity index is 863. The lowest BCUT2D eigenvalue weighted by atomic mass is 10.2. The van der Waals surface area contributed by atoms with Crippen LogP contribution in [0.4, 0.5) is 5.69 Å². The molecule has 0 radical (unpaired) electrons. The number of nitrogens with two attached hydrogens (primary N) is 1. The quantitative estimate of drug-likeness (QED) is 0.719. The molecule has 0 aromatic heterocycles. The van der Waals surface area contributed by atoms with Crippen LogP contribution in [-0.4, -0.2) is 44.9 Å². The molecule has 0 bridgehead atoms. The van der Waals surface area contributed by atoms with Crippen LogP contribution in [0.3, 0.4) is 0 Å². The summed E-state index contributed by atoms with van der Waals surface area (Å²) < 4.78 is 31.6. The van der Waals surface area contributed by atoms with E-state index in [9.17, 15) is 13.2 Å². The first-order chi connectivity index (χ1) is 12.8. The first-order valence-corrected chi connectivity index (χ1v) is 10.0. The smallest absolute Gasteiger partial charge is 0.255 e. The first-order valence-electron chi connectivity index (χ1n) is 8.58. The number of ether oxygens (including phenoxy) is 1.